The van der Waals surface area contributed by atoms with Crippen LogP contribution in [0.3, 0.4) is 0 Å². The predicted molar refractivity (Wildman–Crippen MR) is 98.3 cm³/mol. The Morgan fingerprint density at radius 3 is 2.30 bits per heavy atom. The van der Waals surface area contributed by atoms with Crippen molar-refractivity contribution in [1.29, 1.82) is 0 Å². The van der Waals surface area contributed by atoms with Crippen LogP contribution in [0.5, 0.6) is 5.75 Å². The van der Waals surface area contributed by atoms with Gasteiger partial charge in [-0.25, -0.2) is 0 Å². The maximum absolute atomic E-state index is 6.12. The Balaban J connectivity index is 2.39. The van der Waals surface area contributed by atoms with Crippen molar-refractivity contribution in [3.05, 3.63) is 65.2 Å². The van der Waals surface area contributed by atoms with Gasteiger partial charge in [-0.3, -0.25) is 0 Å². The van der Waals surface area contributed by atoms with Gasteiger partial charge < -0.3 is 10.5 Å². The van der Waals surface area contributed by atoms with Gasteiger partial charge >= 0.3 is 0 Å². The molecule has 2 nitrogen and oxygen atoms in total. The summed E-state index contributed by atoms with van der Waals surface area (Å²) >= 11 is 0. The van der Waals surface area contributed by atoms with Gasteiger partial charge in [-0.05, 0) is 48.1 Å². The van der Waals surface area contributed by atoms with E-state index in [1.165, 1.54) is 16.7 Å². The number of hydrogen-bond acceptors (Lipinski definition) is 2. The van der Waals surface area contributed by atoms with Gasteiger partial charge in [0.25, 0.3) is 0 Å². The largest absolute Gasteiger partial charge is 0.494 e. The molecule has 0 aliphatic heterocycles. The lowest BCUT2D eigenvalue weighted by atomic mass is 9.83. The number of ether oxygens (including phenoxy) is 1. The van der Waals surface area contributed by atoms with Crippen LogP contribution >= 0.6 is 0 Å². The van der Waals surface area contributed by atoms with Crippen molar-refractivity contribution in [2.45, 2.75) is 45.4 Å². The van der Waals surface area contributed by atoms with Crippen molar-refractivity contribution in [3.8, 4) is 5.75 Å². The molecule has 0 radical (unpaired) electrons. The Labute approximate surface area is 140 Å². The second-order valence-electron chi connectivity index (χ2n) is 7.06. The van der Waals surface area contributed by atoms with Gasteiger partial charge in [0.2, 0.25) is 0 Å². The summed E-state index contributed by atoms with van der Waals surface area (Å²) in [6, 6.07) is 17.1. The van der Waals surface area contributed by atoms with E-state index in [1.807, 2.05) is 13.0 Å². The minimum atomic E-state index is 0.116. The molecule has 0 aromatic heterocycles. The Kier molecular flexibility index (Phi) is 5.84. The fourth-order valence-electron chi connectivity index (χ4n) is 2.84. The molecule has 0 saturated heterocycles. The van der Waals surface area contributed by atoms with Crippen molar-refractivity contribution >= 4 is 0 Å². The van der Waals surface area contributed by atoms with Gasteiger partial charge in [-0.15, -0.1) is 0 Å². The summed E-state index contributed by atoms with van der Waals surface area (Å²) in [5, 5.41) is 0. The maximum atomic E-state index is 6.12. The zero-order chi connectivity index (χ0) is 16.9. The fraction of sp³-hybridized carbons (Fsp3) is 0.429. The third-order valence-electron chi connectivity index (χ3n) is 4.22. The highest BCUT2D eigenvalue weighted by Gasteiger charge is 2.20. The van der Waals surface area contributed by atoms with E-state index in [1.54, 1.807) is 0 Å². The van der Waals surface area contributed by atoms with Crippen LogP contribution in [0.25, 0.3) is 0 Å². The van der Waals surface area contributed by atoms with E-state index in [-0.39, 0.29) is 11.3 Å². The van der Waals surface area contributed by atoms with Gasteiger partial charge in [0.1, 0.15) is 5.75 Å². The summed E-state index contributed by atoms with van der Waals surface area (Å²) in [6.07, 6.45) is 0.936. The lowest BCUT2D eigenvalue weighted by Gasteiger charge is -2.25. The van der Waals surface area contributed by atoms with Crippen LogP contribution in [0.2, 0.25) is 0 Å². The molecular weight excluding hydrogens is 282 g/mol. The minimum Gasteiger partial charge on any atom is -0.494 e. The van der Waals surface area contributed by atoms with Crippen LogP contribution < -0.4 is 10.5 Å². The molecule has 2 N–H and O–H groups in total. The highest BCUT2D eigenvalue weighted by atomic mass is 16.5. The quantitative estimate of drug-likeness (QED) is 0.841. The van der Waals surface area contributed by atoms with Crippen LogP contribution in [-0.2, 0) is 11.8 Å². The number of rotatable bonds is 6. The number of benzene rings is 2. The highest BCUT2D eigenvalue weighted by molar-refractivity contribution is 5.43. The van der Waals surface area contributed by atoms with Crippen LogP contribution in [0.15, 0.2) is 48.5 Å². The van der Waals surface area contributed by atoms with Gasteiger partial charge in [0.15, 0.2) is 0 Å². The summed E-state index contributed by atoms with van der Waals surface area (Å²) < 4.78 is 5.87. The minimum absolute atomic E-state index is 0.116. The molecule has 0 amide bonds. The summed E-state index contributed by atoms with van der Waals surface area (Å²) in [5.74, 6) is 1.23. The van der Waals surface area contributed by atoms with Gasteiger partial charge in [-0.1, -0.05) is 63.2 Å². The Bertz CT molecular complexity index is 613. The third-order valence-corrected chi connectivity index (χ3v) is 4.22. The molecule has 0 aliphatic carbocycles. The highest BCUT2D eigenvalue weighted by Crippen LogP contribution is 2.33. The van der Waals surface area contributed by atoms with Crippen LogP contribution in [0, 0.1) is 0 Å². The molecule has 2 aromatic rings. The second-order valence-corrected chi connectivity index (χ2v) is 7.06. The summed E-state index contributed by atoms with van der Waals surface area (Å²) in [5.41, 5.74) is 10.1. The third kappa shape index (κ3) is 4.59. The summed E-state index contributed by atoms with van der Waals surface area (Å²) in [6.45, 7) is 10.0. The SMILES string of the molecule is CCOc1ccc(C(C)(C)C)cc1C(CN)Cc1ccccc1. The van der Waals surface area contributed by atoms with Gasteiger partial charge in [-0.2, -0.15) is 0 Å². The van der Waals surface area contributed by atoms with E-state index < -0.39 is 0 Å². The molecule has 2 heteroatoms. The number of nitrogens with two attached hydrogens (primary N) is 1. The molecule has 0 fully saturated rings. The van der Waals surface area contributed by atoms with Crippen LogP contribution in [0.1, 0.15) is 50.3 Å². The first-order valence-electron chi connectivity index (χ1n) is 8.47. The van der Waals surface area contributed by atoms with E-state index in [9.17, 15) is 0 Å². The first-order chi connectivity index (χ1) is 11.0. The van der Waals surface area contributed by atoms with E-state index in [2.05, 4.69) is 63.2 Å². The average Bonchev–Trinajstić information content (AvgIpc) is 2.53. The second kappa shape index (κ2) is 7.65. The molecule has 1 unspecified atom stereocenters. The average molecular weight is 311 g/mol. The molecule has 0 bridgehead atoms. The molecule has 0 saturated carbocycles. The summed E-state index contributed by atoms with van der Waals surface area (Å²) in [4.78, 5) is 0. The van der Waals surface area contributed by atoms with E-state index in [0.29, 0.717) is 13.2 Å². The Hall–Kier alpha value is -1.80. The van der Waals surface area contributed by atoms with E-state index >= 15 is 0 Å². The predicted octanol–water partition coefficient (Wildman–Crippen LogP) is 4.67. The van der Waals surface area contributed by atoms with Crippen molar-refractivity contribution in [2.75, 3.05) is 13.2 Å². The lowest BCUT2D eigenvalue weighted by molar-refractivity contribution is 0.333. The topological polar surface area (TPSA) is 35.2 Å². The van der Waals surface area contributed by atoms with Crippen LogP contribution in [0.4, 0.5) is 0 Å². The zero-order valence-electron chi connectivity index (χ0n) is 14.8. The maximum Gasteiger partial charge on any atom is 0.122 e. The van der Waals surface area contributed by atoms with Crippen molar-refractivity contribution < 1.29 is 4.74 Å². The van der Waals surface area contributed by atoms with E-state index in [0.717, 1.165) is 12.2 Å². The molecule has 2 rings (SSSR count). The first-order valence-corrected chi connectivity index (χ1v) is 8.47. The Morgan fingerprint density at radius 1 is 1.04 bits per heavy atom. The smallest absolute Gasteiger partial charge is 0.122 e. The zero-order valence-corrected chi connectivity index (χ0v) is 14.8. The molecule has 124 valence electrons. The molecule has 1 atom stereocenters. The van der Waals surface area contributed by atoms with Gasteiger partial charge in [0.05, 0.1) is 6.61 Å². The first kappa shape index (κ1) is 17.6. The number of hydrogen-bond donors (Lipinski definition) is 1. The fourth-order valence-corrected chi connectivity index (χ4v) is 2.84. The summed E-state index contributed by atoms with van der Waals surface area (Å²) in [7, 11) is 0. The molecular formula is C21H29NO. The van der Waals surface area contributed by atoms with E-state index in [4.69, 9.17) is 10.5 Å². The standard InChI is InChI=1S/C21H29NO/c1-5-23-20-12-11-18(21(2,3)4)14-19(20)17(15-22)13-16-9-7-6-8-10-16/h6-12,14,17H,5,13,15,22H2,1-4H3. The Morgan fingerprint density at radius 2 is 1.74 bits per heavy atom. The molecule has 0 spiro atoms. The molecule has 23 heavy (non-hydrogen) atoms. The van der Waals surface area contributed by atoms with Crippen LogP contribution in [-0.4, -0.2) is 13.2 Å². The van der Waals surface area contributed by atoms with Crippen molar-refractivity contribution in [3.63, 3.8) is 0 Å². The van der Waals surface area contributed by atoms with Crippen molar-refractivity contribution in [2.24, 2.45) is 5.73 Å². The normalized spacial score (nSPS) is 12.9. The monoisotopic (exact) mass is 311 g/mol. The molecule has 2 aromatic carbocycles. The lowest BCUT2D eigenvalue weighted by Crippen LogP contribution is -2.18. The van der Waals surface area contributed by atoms with Gasteiger partial charge in [0, 0.05) is 5.92 Å². The molecule has 0 heterocycles. The molecule has 0 aliphatic rings. The van der Waals surface area contributed by atoms with Crippen molar-refractivity contribution in [1.82, 2.24) is 0 Å².